The Morgan fingerprint density at radius 3 is 1.23 bits per heavy atom. The molecule has 0 amide bonds. The van der Waals surface area contributed by atoms with Crippen LogP contribution < -0.4 is 11.5 Å². The van der Waals surface area contributed by atoms with E-state index in [9.17, 15) is 0 Å². The van der Waals surface area contributed by atoms with Gasteiger partial charge in [-0.3, -0.25) is 0 Å². The third-order valence-corrected chi connectivity index (χ3v) is 2.06. The Hall–Kier alpha value is -0.340. The van der Waals surface area contributed by atoms with E-state index < -0.39 is 0 Å². The Labute approximate surface area is 83.4 Å². The van der Waals surface area contributed by atoms with Gasteiger partial charge in [0.05, 0.1) is 0 Å². The molecule has 0 saturated heterocycles. The van der Waals surface area contributed by atoms with E-state index in [1.807, 2.05) is 0 Å². The van der Waals surface area contributed by atoms with Crippen LogP contribution in [0.1, 0.15) is 34.1 Å². The summed E-state index contributed by atoms with van der Waals surface area (Å²) in [6, 6.07) is 0. The molecule has 0 radical (unpaired) electrons. The average Bonchev–Trinajstić information content (AvgIpc) is 2.07. The average molecular weight is 186 g/mol. The fourth-order valence-corrected chi connectivity index (χ4v) is 1.44. The van der Waals surface area contributed by atoms with Crippen LogP contribution in [-0.4, -0.2) is 13.1 Å². The quantitative estimate of drug-likeness (QED) is 0.661. The third kappa shape index (κ3) is 8.00. The molecule has 80 valence electrons. The predicted molar refractivity (Wildman–Crippen MR) is 61.5 cm³/mol. The second-order valence-electron chi connectivity index (χ2n) is 4.91. The molecule has 0 heterocycles. The molecular weight excluding hydrogens is 160 g/mol. The van der Waals surface area contributed by atoms with Crippen molar-refractivity contribution in [3.63, 3.8) is 0 Å². The summed E-state index contributed by atoms with van der Waals surface area (Å²) >= 11 is 0. The van der Waals surface area contributed by atoms with E-state index in [2.05, 4.69) is 40.9 Å². The van der Waals surface area contributed by atoms with E-state index in [1.54, 1.807) is 0 Å². The minimum Gasteiger partial charge on any atom is -0.330 e. The molecule has 0 bridgehead atoms. The first-order chi connectivity index (χ1) is 5.83. The van der Waals surface area contributed by atoms with Gasteiger partial charge in [-0.2, -0.15) is 0 Å². The maximum Gasteiger partial charge on any atom is -0.00256 e. The fourth-order valence-electron chi connectivity index (χ4n) is 1.44. The molecule has 4 N–H and O–H groups in total. The first-order valence-corrected chi connectivity index (χ1v) is 4.73. The lowest BCUT2D eigenvalue weighted by molar-refractivity contribution is 0.208. The highest BCUT2D eigenvalue weighted by atomic mass is 14.6. The lowest BCUT2D eigenvalue weighted by Crippen LogP contribution is -2.34. The summed E-state index contributed by atoms with van der Waals surface area (Å²) in [4.78, 5) is 0. The summed E-state index contributed by atoms with van der Waals surface area (Å²) in [6.07, 6.45) is 1.09. The van der Waals surface area contributed by atoms with Crippen LogP contribution in [0.15, 0.2) is 13.2 Å². The van der Waals surface area contributed by atoms with Gasteiger partial charge in [-0.05, 0) is 30.3 Å². The largest absolute Gasteiger partial charge is 0.330 e. The normalized spacial score (nSPS) is 11.8. The second kappa shape index (κ2) is 6.17. The Morgan fingerprint density at radius 1 is 0.846 bits per heavy atom. The number of rotatable bonds is 4. The highest BCUT2D eigenvalue weighted by Gasteiger charge is 2.26. The molecule has 0 aliphatic carbocycles. The number of hydrogen-bond donors (Lipinski definition) is 2. The van der Waals surface area contributed by atoms with Crippen LogP contribution in [0.4, 0.5) is 0 Å². The van der Waals surface area contributed by atoms with E-state index in [0.29, 0.717) is 0 Å². The molecule has 0 saturated carbocycles. The monoisotopic (exact) mass is 186 g/mol. The molecule has 0 aromatic rings. The Kier molecular flexibility index (Phi) is 7.18. The molecule has 0 fully saturated rings. The van der Waals surface area contributed by atoms with E-state index in [4.69, 9.17) is 11.5 Å². The van der Waals surface area contributed by atoms with Crippen molar-refractivity contribution in [3.05, 3.63) is 13.2 Å². The summed E-state index contributed by atoms with van der Waals surface area (Å²) in [6.45, 7) is 16.2. The van der Waals surface area contributed by atoms with Crippen molar-refractivity contribution in [2.24, 2.45) is 22.3 Å². The van der Waals surface area contributed by atoms with Crippen LogP contribution in [0.3, 0.4) is 0 Å². The van der Waals surface area contributed by atoms with Gasteiger partial charge >= 0.3 is 0 Å². The molecule has 2 nitrogen and oxygen atoms in total. The zero-order valence-electron chi connectivity index (χ0n) is 9.69. The molecule has 0 aliphatic rings. The summed E-state index contributed by atoms with van der Waals surface area (Å²) in [5, 5.41) is 0. The van der Waals surface area contributed by atoms with Crippen molar-refractivity contribution < 1.29 is 0 Å². The van der Waals surface area contributed by atoms with Crippen molar-refractivity contribution >= 4 is 0 Å². The van der Waals surface area contributed by atoms with E-state index in [0.717, 1.165) is 19.5 Å². The van der Waals surface area contributed by atoms with Crippen LogP contribution in [0.5, 0.6) is 0 Å². The minimum absolute atomic E-state index is 0.225. The van der Waals surface area contributed by atoms with Gasteiger partial charge in [-0.1, -0.05) is 27.7 Å². The zero-order valence-corrected chi connectivity index (χ0v) is 9.69. The van der Waals surface area contributed by atoms with E-state index >= 15 is 0 Å². The van der Waals surface area contributed by atoms with Crippen molar-refractivity contribution in [2.75, 3.05) is 13.1 Å². The maximum atomic E-state index is 5.63. The van der Waals surface area contributed by atoms with Crippen LogP contribution in [0.25, 0.3) is 0 Å². The minimum atomic E-state index is 0.225. The molecule has 13 heavy (non-hydrogen) atoms. The van der Waals surface area contributed by atoms with Crippen molar-refractivity contribution in [2.45, 2.75) is 34.1 Å². The van der Waals surface area contributed by atoms with Gasteiger partial charge in [0, 0.05) is 0 Å². The number of nitrogens with two attached hydrogens (primary N) is 2. The molecule has 0 unspecified atom stereocenters. The van der Waals surface area contributed by atoms with Gasteiger partial charge in [0.15, 0.2) is 0 Å². The molecule has 0 aliphatic heterocycles. The van der Waals surface area contributed by atoms with Crippen LogP contribution >= 0.6 is 0 Å². The first-order valence-electron chi connectivity index (χ1n) is 4.73. The third-order valence-electron chi connectivity index (χ3n) is 2.06. The summed E-state index contributed by atoms with van der Waals surface area (Å²) in [7, 11) is 0. The van der Waals surface area contributed by atoms with E-state index in [1.165, 1.54) is 0 Å². The highest BCUT2D eigenvalue weighted by molar-refractivity contribution is 4.80. The second-order valence-corrected chi connectivity index (χ2v) is 4.91. The standard InChI is InChI=1S/C9H22N2.C2H4/c1-8(2,6-10)5-9(3,4)7-11;1-2/h5-7,10-11H2,1-4H3;1-2H2. The van der Waals surface area contributed by atoms with Crippen LogP contribution in [0, 0.1) is 10.8 Å². The summed E-state index contributed by atoms with van der Waals surface area (Å²) in [5.74, 6) is 0. The van der Waals surface area contributed by atoms with Crippen LogP contribution in [0.2, 0.25) is 0 Å². The van der Waals surface area contributed by atoms with Crippen LogP contribution in [-0.2, 0) is 0 Å². The lowest BCUT2D eigenvalue weighted by Gasteiger charge is -2.33. The first kappa shape index (κ1) is 15.1. The van der Waals surface area contributed by atoms with Gasteiger partial charge < -0.3 is 11.5 Å². The Bertz CT molecular complexity index is 114. The SMILES string of the molecule is C=C.CC(C)(CN)CC(C)(C)CN. The fraction of sp³-hybridized carbons (Fsp3) is 0.818. The highest BCUT2D eigenvalue weighted by Crippen LogP contribution is 2.31. The smallest absolute Gasteiger partial charge is 0.00256 e. The summed E-state index contributed by atoms with van der Waals surface area (Å²) in [5.41, 5.74) is 11.7. The molecule has 0 atom stereocenters. The molecule has 2 heteroatoms. The molecule has 0 rings (SSSR count). The predicted octanol–water partition coefficient (Wildman–Crippen LogP) is 2.15. The van der Waals surface area contributed by atoms with Gasteiger partial charge in [-0.25, -0.2) is 0 Å². The summed E-state index contributed by atoms with van der Waals surface area (Å²) < 4.78 is 0. The molecule has 0 aromatic heterocycles. The van der Waals surface area contributed by atoms with Gasteiger partial charge in [0.25, 0.3) is 0 Å². The maximum absolute atomic E-state index is 5.63. The van der Waals surface area contributed by atoms with Gasteiger partial charge in [-0.15, -0.1) is 13.2 Å². The Morgan fingerprint density at radius 2 is 1.08 bits per heavy atom. The molecule has 0 aromatic carbocycles. The zero-order chi connectivity index (χ0) is 11.1. The lowest BCUT2D eigenvalue weighted by atomic mass is 9.75. The van der Waals surface area contributed by atoms with Crippen molar-refractivity contribution in [3.8, 4) is 0 Å². The Balaban J connectivity index is 0. The van der Waals surface area contributed by atoms with Crippen molar-refractivity contribution in [1.82, 2.24) is 0 Å². The van der Waals surface area contributed by atoms with E-state index in [-0.39, 0.29) is 10.8 Å². The molecular formula is C11H26N2. The number of hydrogen-bond acceptors (Lipinski definition) is 2. The van der Waals surface area contributed by atoms with Crippen molar-refractivity contribution in [1.29, 1.82) is 0 Å². The van der Waals surface area contributed by atoms with Gasteiger partial charge in [0.1, 0.15) is 0 Å². The topological polar surface area (TPSA) is 52.0 Å². The molecule has 0 spiro atoms. The van der Waals surface area contributed by atoms with Gasteiger partial charge in [0.2, 0.25) is 0 Å².